The fraction of sp³-hybridized carbons (Fsp3) is 0.722. The van der Waals surface area contributed by atoms with Gasteiger partial charge in [-0.2, -0.15) is 0 Å². The van der Waals surface area contributed by atoms with Crippen LogP contribution in [0, 0.1) is 17.8 Å². The number of aryl methyl sites for hydroxylation is 2. The van der Waals surface area contributed by atoms with Crippen LogP contribution >= 0.6 is 11.3 Å². The van der Waals surface area contributed by atoms with Crippen LogP contribution in [0.5, 0.6) is 0 Å². The lowest BCUT2D eigenvalue weighted by Gasteiger charge is -2.56. The molecule has 2 nitrogen and oxygen atoms in total. The van der Waals surface area contributed by atoms with Gasteiger partial charge in [0, 0.05) is 22.2 Å². The molecule has 2 heterocycles. The second-order valence-electron chi connectivity index (χ2n) is 8.30. The van der Waals surface area contributed by atoms with Crippen LogP contribution in [0.15, 0.2) is 6.20 Å². The average molecular weight is 298 g/mol. The third-order valence-corrected chi connectivity index (χ3v) is 8.06. The number of hydrogen-bond acceptors (Lipinski definition) is 2. The van der Waals surface area contributed by atoms with E-state index in [4.69, 9.17) is 4.98 Å². The van der Waals surface area contributed by atoms with Gasteiger partial charge in [-0.3, -0.25) is 4.40 Å². The molecular weight excluding hydrogens is 276 g/mol. The first kappa shape index (κ1) is 11.7. The van der Waals surface area contributed by atoms with Gasteiger partial charge in [-0.05, 0) is 75.5 Å². The molecule has 0 amide bonds. The Hall–Kier alpha value is -0.830. The summed E-state index contributed by atoms with van der Waals surface area (Å²) in [7, 11) is 0. The smallest absolute Gasteiger partial charge is 0.194 e. The van der Waals surface area contributed by atoms with Gasteiger partial charge in [0.05, 0.1) is 5.69 Å². The summed E-state index contributed by atoms with van der Waals surface area (Å²) >= 11 is 1.96. The van der Waals surface area contributed by atoms with E-state index in [1.54, 1.807) is 10.6 Å². The Bertz CT molecular complexity index is 703. The molecule has 21 heavy (non-hydrogen) atoms. The number of aromatic nitrogens is 2. The van der Waals surface area contributed by atoms with E-state index in [1.165, 1.54) is 68.4 Å². The maximum absolute atomic E-state index is 5.15. The van der Waals surface area contributed by atoms with Crippen LogP contribution in [-0.2, 0) is 18.3 Å². The highest BCUT2D eigenvalue weighted by Crippen LogP contribution is 2.60. The lowest BCUT2D eigenvalue weighted by Crippen LogP contribution is -2.48. The molecule has 0 unspecified atom stereocenters. The van der Waals surface area contributed by atoms with Crippen molar-refractivity contribution in [2.45, 2.75) is 63.2 Å². The lowest BCUT2D eigenvalue weighted by molar-refractivity contribution is -0.00696. The first-order chi connectivity index (χ1) is 10.3. The Kier molecular flexibility index (Phi) is 2.08. The molecule has 4 bridgehead atoms. The predicted molar refractivity (Wildman–Crippen MR) is 84.9 cm³/mol. The van der Waals surface area contributed by atoms with E-state index >= 15 is 0 Å². The van der Waals surface area contributed by atoms with Crippen molar-refractivity contribution < 1.29 is 0 Å². The normalized spacial score (nSPS) is 40.3. The van der Waals surface area contributed by atoms with Crippen LogP contribution < -0.4 is 0 Å². The Balaban J connectivity index is 1.49. The summed E-state index contributed by atoms with van der Waals surface area (Å²) in [5.74, 6) is 3.05. The lowest BCUT2D eigenvalue weighted by atomic mass is 9.49. The number of fused-ring (bicyclic) bond motifs is 3. The topological polar surface area (TPSA) is 17.3 Å². The van der Waals surface area contributed by atoms with Crippen molar-refractivity contribution in [2.75, 3.05) is 0 Å². The SMILES string of the molecule is c1c(C23CC4CC(CC(C4)C2)C3)nc2sc3c(n12)CCC3. The molecule has 0 N–H and O–H groups in total. The molecule has 5 aliphatic carbocycles. The molecule has 7 rings (SSSR count). The maximum Gasteiger partial charge on any atom is 0.194 e. The Morgan fingerprint density at radius 1 is 1.05 bits per heavy atom. The zero-order valence-corrected chi connectivity index (χ0v) is 13.3. The van der Waals surface area contributed by atoms with Crippen molar-refractivity contribution in [3.05, 3.63) is 22.5 Å². The number of imidazole rings is 1. The highest BCUT2D eigenvalue weighted by atomic mass is 32.1. The zero-order valence-electron chi connectivity index (χ0n) is 12.5. The summed E-state index contributed by atoms with van der Waals surface area (Å²) in [6.07, 6.45) is 15.2. The molecule has 0 atom stereocenters. The summed E-state index contributed by atoms with van der Waals surface area (Å²) < 4.78 is 2.46. The quantitative estimate of drug-likeness (QED) is 0.765. The molecule has 5 aliphatic rings. The van der Waals surface area contributed by atoms with E-state index in [2.05, 4.69) is 10.6 Å². The van der Waals surface area contributed by atoms with Crippen LogP contribution in [-0.4, -0.2) is 9.38 Å². The molecule has 0 radical (unpaired) electrons. The van der Waals surface area contributed by atoms with Crippen molar-refractivity contribution in [1.29, 1.82) is 0 Å². The van der Waals surface area contributed by atoms with Gasteiger partial charge in [0.15, 0.2) is 4.96 Å². The maximum atomic E-state index is 5.15. The summed E-state index contributed by atoms with van der Waals surface area (Å²) in [5.41, 5.74) is 3.51. The molecule has 4 saturated carbocycles. The molecule has 4 fully saturated rings. The van der Waals surface area contributed by atoms with E-state index < -0.39 is 0 Å². The first-order valence-electron chi connectivity index (χ1n) is 8.79. The highest BCUT2D eigenvalue weighted by molar-refractivity contribution is 7.17. The monoisotopic (exact) mass is 298 g/mol. The average Bonchev–Trinajstić information content (AvgIpc) is 3.07. The third kappa shape index (κ3) is 1.46. The number of rotatable bonds is 1. The van der Waals surface area contributed by atoms with Crippen LogP contribution in [0.25, 0.3) is 4.96 Å². The van der Waals surface area contributed by atoms with E-state index in [9.17, 15) is 0 Å². The summed E-state index contributed by atoms with van der Waals surface area (Å²) in [5, 5.41) is 0. The van der Waals surface area contributed by atoms with E-state index in [0.717, 1.165) is 17.8 Å². The van der Waals surface area contributed by atoms with E-state index in [1.807, 2.05) is 11.3 Å². The zero-order chi connectivity index (χ0) is 13.6. The van der Waals surface area contributed by atoms with Crippen molar-refractivity contribution in [3.63, 3.8) is 0 Å². The van der Waals surface area contributed by atoms with Crippen LogP contribution in [0.2, 0.25) is 0 Å². The molecule has 2 aromatic rings. The van der Waals surface area contributed by atoms with Crippen molar-refractivity contribution in [2.24, 2.45) is 17.8 Å². The second-order valence-corrected chi connectivity index (χ2v) is 9.36. The minimum atomic E-state index is 0.464. The summed E-state index contributed by atoms with van der Waals surface area (Å²) in [6, 6.07) is 0. The minimum absolute atomic E-state index is 0.464. The Morgan fingerprint density at radius 2 is 1.76 bits per heavy atom. The second kappa shape index (κ2) is 3.73. The van der Waals surface area contributed by atoms with Gasteiger partial charge in [0.1, 0.15) is 0 Å². The van der Waals surface area contributed by atoms with Crippen molar-refractivity contribution in [1.82, 2.24) is 9.38 Å². The molecule has 0 saturated heterocycles. The summed E-state index contributed by atoms with van der Waals surface area (Å²) in [6.45, 7) is 0. The number of hydrogen-bond donors (Lipinski definition) is 0. The molecule has 2 aromatic heterocycles. The molecule has 110 valence electrons. The van der Waals surface area contributed by atoms with Gasteiger partial charge in [-0.15, -0.1) is 11.3 Å². The molecule has 0 aliphatic heterocycles. The third-order valence-electron chi connectivity index (χ3n) is 6.90. The van der Waals surface area contributed by atoms with Crippen molar-refractivity contribution in [3.8, 4) is 0 Å². The molecule has 3 heteroatoms. The standard InChI is InChI=1S/C18H22N2S/c1-2-14-15(3-1)21-17-19-16(10-20(14)17)18-7-11-4-12(8-18)6-13(5-11)9-18/h10-13H,1-9H2. The molecular formula is C18H22N2S. The largest absolute Gasteiger partial charge is 0.294 e. The van der Waals surface area contributed by atoms with Crippen LogP contribution in [0.3, 0.4) is 0 Å². The fourth-order valence-electron chi connectivity index (χ4n) is 6.48. The minimum Gasteiger partial charge on any atom is -0.294 e. The van der Waals surface area contributed by atoms with Crippen LogP contribution in [0.1, 0.15) is 61.2 Å². The predicted octanol–water partition coefficient (Wildman–Crippen LogP) is 4.35. The fourth-order valence-corrected chi connectivity index (χ4v) is 7.67. The highest BCUT2D eigenvalue weighted by Gasteiger charge is 2.52. The van der Waals surface area contributed by atoms with Gasteiger partial charge in [-0.25, -0.2) is 4.98 Å². The Morgan fingerprint density at radius 3 is 2.48 bits per heavy atom. The van der Waals surface area contributed by atoms with Gasteiger partial charge in [-0.1, -0.05) is 0 Å². The Labute approximate surface area is 129 Å². The van der Waals surface area contributed by atoms with Crippen molar-refractivity contribution >= 4 is 16.3 Å². The van der Waals surface area contributed by atoms with E-state index in [-0.39, 0.29) is 0 Å². The first-order valence-corrected chi connectivity index (χ1v) is 9.61. The van der Waals surface area contributed by atoms with Gasteiger partial charge in [0.2, 0.25) is 0 Å². The van der Waals surface area contributed by atoms with Gasteiger partial charge < -0.3 is 0 Å². The molecule has 0 aromatic carbocycles. The number of thiazole rings is 1. The van der Waals surface area contributed by atoms with Gasteiger partial charge >= 0.3 is 0 Å². The molecule has 0 spiro atoms. The number of nitrogens with zero attached hydrogens (tertiary/aromatic N) is 2. The summed E-state index contributed by atoms with van der Waals surface area (Å²) in [4.78, 5) is 8.04. The van der Waals surface area contributed by atoms with Gasteiger partial charge in [0.25, 0.3) is 0 Å². The van der Waals surface area contributed by atoms with Crippen LogP contribution in [0.4, 0.5) is 0 Å². The van der Waals surface area contributed by atoms with E-state index in [0.29, 0.717) is 5.41 Å².